The molecule has 7 heteroatoms. The number of carbonyl (C=O) groups excluding carboxylic acids is 1. The van der Waals surface area contributed by atoms with Gasteiger partial charge in [0.25, 0.3) is 5.91 Å². The molecule has 5 rings (SSSR count). The maximum absolute atomic E-state index is 13.4. The van der Waals surface area contributed by atoms with Crippen LogP contribution in [0.3, 0.4) is 0 Å². The van der Waals surface area contributed by atoms with Crippen molar-refractivity contribution in [1.29, 1.82) is 0 Å². The van der Waals surface area contributed by atoms with Crippen LogP contribution in [0.4, 0.5) is 11.4 Å². The van der Waals surface area contributed by atoms with Gasteiger partial charge in [-0.25, -0.2) is 4.79 Å². The molecule has 1 aliphatic heterocycles. The molecule has 0 aliphatic carbocycles. The summed E-state index contributed by atoms with van der Waals surface area (Å²) in [6, 6.07) is 22.6. The molecule has 7 nitrogen and oxygen atoms in total. The first-order valence-corrected chi connectivity index (χ1v) is 11.3. The largest absolute Gasteiger partial charge is 0.397 e. The van der Waals surface area contributed by atoms with Crippen LogP contribution in [0.1, 0.15) is 34.8 Å². The zero-order chi connectivity index (χ0) is 22.8. The molecule has 168 valence electrons. The van der Waals surface area contributed by atoms with Gasteiger partial charge in [0.15, 0.2) is 0 Å². The van der Waals surface area contributed by atoms with Crippen LogP contribution in [-0.4, -0.2) is 28.1 Å². The maximum atomic E-state index is 13.4. The molecule has 0 spiro atoms. The molecule has 1 aliphatic rings. The molecule has 0 saturated carbocycles. The molecule has 3 aromatic carbocycles. The summed E-state index contributed by atoms with van der Waals surface area (Å²) in [4.78, 5) is 26.0. The van der Waals surface area contributed by atoms with E-state index < -0.39 is 0 Å². The number of piperidine rings is 1. The van der Waals surface area contributed by atoms with Crippen molar-refractivity contribution >= 4 is 28.3 Å². The molecule has 1 amide bonds. The average Bonchev–Trinajstić information content (AvgIpc) is 3.12. The van der Waals surface area contributed by atoms with Crippen molar-refractivity contribution in [3.05, 3.63) is 94.4 Å². The number of amides is 1. The number of hydrogen-bond donors (Lipinski definition) is 3. The zero-order valence-corrected chi connectivity index (χ0v) is 18.3. The lowest BCUT2D eigenvalue weighted by molar-refractivity contribution is 0.102. The second-order valence-electron chi connectivity index (χ2n) is 8.47. The van der Waals surface area contributed by atoms with Crippen LogP contribution in [0.5, 0.6) is 0 Å². The lowest BCUT2D eigenvalue weighted by atomic mass is 10.1. The van der Waals surface area contributed by atoms with Crippen molar-refractivity contribution < 1.29 is 4.79 Å². The Morgan fingerprint density at radius 3 is 2.45 bits per heavy atom. The molecule has 4 N–H and O–H groups in total. The van der Waals surface area contributed by atoms with Gasteiger partial charge in [0.1, 0.15) is 0 Å². The summed E-state index contributed by atoms with van der Waals surface area (Å²) < 4.78 is 3.76. The standard InChI is InChI=1S/C26H27N5O2/c27-21-7-1-2-8-22(21)29-25(32)19-13-11-18(12-14-19)17-30-23-9-3-4-10-24(23)31(26(30)33)20-6-5-15-28-16-20/h1-4,7-14,20,28H,5-6,15-17,27H2,(H,29,32). The first kappa shape index (κ1) is 21.0. The second kappa shape index (κ2) is 8.96. The normalized spacial score (nSPS) is 16.1. The highest BCUT2D eigenvalue weighted by atomic mass is 16.2. The zero-order valence-electron chi connectivity index (χ0n) is 18.3. The van der Waals surface area contributed by atoms with Crippen molar-refractivity contribution in [3.63, 3.8) is 0 Å². The van der Waals surface area contributed by atoms with E-state index in [-0.39, 0.29) is 17.6 Å². The molecule has 33 heavy (non-hydrogen) atoms. The Morgan fingerprint density at radius 1 is 1.00 bits per heavy atom. The van der Waals surface area contributed by atoms with Gasteiger partial charge < -0.3 is 16.4 Å². The highest BCUT2D eigenvalue weighted by molar-refractivity contribution is 6.05. The quantitative estimate of drug-likeness (QED) is 0.413. The molecular weight excluding hydrogens is 414 g/mol. The number of nitrogens with zero attached hydrogens (tertiary/aromatic N) is 2. The monoisotopic (exact) mass is 441 g/mol. The predicted molar refractivity (Wildman–Crippen MR) is 132 cm³/mol. The Hall–Kier alpha value is -3.84. The Balaban J connectivity index is 1.40. The molecule has 1 fully saturated rings. The van der Waals surface area contributed by atoms with E-state index in [9.17, 15) is 9.59 Å². The number of nitrogens with two attached hydrogens (primary N) is 1. The summed E-state index contributed by atoms with van der Waals surface area (Å²) in [5, 5.41) is 6.25. The molecule has 1 unspecified atom stereocenters. The van der Waals surface area contributed by atoms with Crippen LogP contribution in [0.25, 0.3) is 11.0 Å². The first-order valence-electron chi connectivity index (χ1n) is 11.3. The number of para-hydroxylation sites is 4. The summed E-state index contributed by atoms with van der Waals surface area (Å²) in [7, 11) is 0. The van der Waals surface area contributed by atoms with E-state index in [1.165, 1.54) is 0 Å². The third-order valence-corrected chi connectivity index (χ3v) is 6.27. The minimum Gasteiger partial charge on any atom is -0.397 e. The summed E-state index contributed by atoms with van der Waals surface area (Å²) in [6.45, 7) is 2.25. The molecule has 1 saturated heterocycles. The number of imidazole rings is 1. The predicted octanol–water partition coefficient (Wildman–Crippen LogP) is 3.61. The van der Waals surface area contributed by atoms with Gasteiger partial charge in [-0.15, -0.1) is 0 Å². The molecule has 0 bridgehead atoms. The lowest BCUT2D eigenvalue weighted by Crippen LogP contribution is -2.37. The fraction of sp³-hybridized carbons (Fsp3) is 0.231. The van der Waals surface area contributed by atoms with Crippen molar-refractivity contribution in [3.8, 4) is 0 Å². The number of benzene rings is 3. The van der Waals surface area contributed by atoms with Gasteiger partial charge in [-0.05, 0) is 61.3 Å². The van der Waals surface area contributed by atoms with E-state index in [0.717, 1.165) is 42.5 Å². The second-order valence-corrected chi connectivity index (χ2v) is 8.47. The van der Waals surface area contributed by atoms with Crippen LogP contribution in [0.2, 0.25) is 0 Å². The lowest BCUT2D eigenvalue weighted by Gasteiger charge is -2.24. The average molecular weight is 442 g/mol. The Bertz CT molecular complexity index is 1350. The summed E-state index contributed by atoms with van der Waals surface area (Å²) in [5.74, 6) is -0.224. The van der Waals surface area contributed by atoms with E-state index >= 15 is 0 Å². The van der Waals surface area contributed by atoms with E-state index in [4.69, 9.17) is 5.73 Å². The number of carbonyl (C=O) groups is 1. The van der Waals surface area contributed by atoms with Gasteiger partial charge >= 0.3 is 5.69 Å². The van der Waals surface area contributed by atoms with E-state index in [0.29, 0.717) is 23.5 Å². The van der Waals surface area contributed by atoms with Gasteiger partial charge in [0.05, 0.1) is 35.0 Å². The number of hydrogen-bond acceptors (Lipinski definition) is 4. The van der Waals surface area contributed by atoms with Gasteiger partial charge in [-0.2, -0.15) is 0 Å². The summed E-state index contributed by atoms with van der Waals surface area (Å²) in [6.07, 6.45) is 2.06. The first-order chi connectivity index (χ1) is 16.1. The summed E-state index contributed by atoms with van der Waals surface area (Å²) >= 11 is 0. The van der Waals surface area contributed by atoms with Crippen LogP contribution in [-0.2, 0) is 6.54 Å². The van der Waals surface area contributed by atoms with Crippen LogP contribution < -0.4 is 22.1 Å². The molecule has 1 aromatic heterocycles. The third-order valence-electron chi connectivity index (χ3n) is 6.27. The van der Waals surface area contributed by atoms with Crippen LogP contribution >= 0.6 is 0 Å². The molecular formula is C26H27N5O2. The van der Waals surface area contributed by atoms with Crippen molar-refractivity contribution in [1.82, 2.24) is 14.5 Å². The molecule has 2 heterocycles. The smallest absolute Gasteiger partial charge is 0.329 e. The fourth-order valence-electron chi connectivity index (χ4n) is 4.54. The number of nitrogens with one attached hydrogen (secondary N) is 2. The molecule has 1 atom stereocenters. The van der Waals surface area contributed by atoms with E-state index in [1.54, 1.807) is 24.3 Å². The minimum atomic E-state index is -0.224. The van der Waals surface area contributed by atoms with Crippen molar-refractivity contribution in [2.45, 2.75) is 25.4 Å². The van der Waals surface area contributed by atoms with Crippen molar-refractivity contribution in [2.24, 2.45) is 0 Å². The van der Waals surface area contributed by atoms with E-state index in [2.05, 4.69) is 10.6 Å². The maximum Gasteiger partial charge on any atom is 0.329 e. The van der Waals surface area contributed by atoms with Gasteiger partial charge in [0.2, 0.25) is 0 Å². The fourth-order valence-corrected chi connectivity index (χ4v) is 4.54. The SMILES string of the molecule is Nc1ccccc1NC(=O)c1ccc(Cn2c(=O)n(C3CCCNC3)c3ccccc32)cc1. The molecule has 4 aromatic rings. The number of anilines is 2. The van der Waals surface area contributed by atoms with E-state index in [1.807, 2.05) is 57.7 Å². The topological polar surface area (TPSA) is 94.1 Å². The highest BCUT2D eigenvalue weighted by Gasteiger charge is 2.22. The van der Waals surface area contributed by atoms with Gasteiger partial charge in [-0.1, -0.05) is 36.4 Å². The number of rotatable bonds is 5. The summed E-state index contributed by atoms with van der Waals surface area (Å²) in [5.41, 5.74) is 10.4. The van der Waals surface area contributed by atoms with Crippen LogP contribution in [0, 0.1) is 0 Å². The number of fused-ring (bicyclic) bond motifs is 1. The Kier molecular flexibility index (Phi) is 5.71. The third kappa shape index (κ3) is 4.15. The molecule has 0 radical (unpaired) electrons. The number of aromatic nitrogens is 2. The van der Waals surface area contributed by atoms with Gasteiger partial charge in [0, 0.05) is 12.1 Å². The number of nitrogen functional groups attached to an aromatic ring is 1. The Morgan fingerprint density at radius 2 is 1.73 bits per heavy atom. The van der Waals surface area contributed by atoms with Crippen LogP contribution in [0.15, 0.2) is 77.6 Å². The highest BCUT2D eigenvalue weighted by Crippen LogP contribution is 2.23. The van der Waals surface area contributed by atoms with Crippen molar-refractivity contribution in [2.75, 3.05) is 24.1 Å². The van der Waals surface area contributed by atoms with Gasteiger partial charge in [-0.3, -0.25) is 13.9 Å². The minimum absolute atomic E-state index is 0.00581. The Labute approximate surface area is 191 Å².